The van der Waals surface area contributed by atoms with Crippen molar-refractivity contribution in [1.82, 2.24) is 9.80 Å². The second kappa shape index (κ2) is 2.69. The van der Waals surface area contributed by atoms with Gasteiger partial charge >= 0.3 is 0 Å². The number of hydrogen-bond donors (Lipinski definition) is 1. The molecule has 2 fully saturated rings. The Morgan fingerprint density at radius 3 is 2.83 bits per heavy atom. The third-order valence-corrected chi connectivity index (χ3v) is 3.40. The largest absolute Gasteiger partial charge is 0.323 e. The molecule has 0 aromatic carbocycles. The summed E-state index contributed by atoms with van der Waals surface area (Å²) in [4.78, 5) is 4.78. The molecule has 2 saturated heterocycles. The highest BCUT2D eigenvalue weighted by Crippen LogP contribution is 2.30. The molecule has 0 aromatic rings. The summed E-state index contributed by atoms with van der Waals surface area (Å²) in [6.07, 6.45) is 2.46. The first kappa shape index (κ1) is 8.48. The molecule has 3 heteroatoms. The van der Waals surface area contributed by atoms with E-state index in [2.05, 4.69) is 23.9 Å². The predicted octanol–water partition coefficient (Wildman–Crippen LogP) is -0.276. The minimum atomic E-state index is 0.0851. The molecule has 70 valence electrons. The first-order valence-electron chi connectivity index (χ1n) is 4.79. The molecule has 2 N–H and O–H groups in total. The first-order chi connectivity index (χ1) is 5.62. The van der Waals surface area contributed by atoms with Crippen molar-refractivity contribution in [3.8, 4) is 0 Å². The Bertz CT molecular complexity index is 183. The molecule has 2 unspecified atom stereocenters. The third-order valence-electron chi connectivity index (χ3n) is 3.40. The smallest absolute Gasteiger partial charge is 0.0453 e. The number of nitrogens with zero attached hydrogens (tertiary/aromatic N) is 2. The van der Waals surface area contributed by atoms with Crippen LogP contribution in [0, 0.1) is 0 Å². The van der Waals surface area contributed by atoms with Gasteiger partial charge in [-0.15, -0.1) is 0 Å². The van der Waals surface area contributed by atoms with Crippen molar-refractivity contribution >= 4 is 0 Å². The second-order valence-electron chi connectivity index (χ2n) is 4.53. The van der Waals surface area contributed by atoms with Crippen molar-refractivity contribution in [2.75, 3.05) is 33.7 Å². The monoisotopic (exact) mass is 169 g/mol. The molecule has 2 aliphatic heterocycles. The third kappa shape index (κ3) is 1.16. The highest BCUT2D eigenvalue weighted by atomic mass is 15.3. The molecule has 2 rings (SSSR count). The molecule has 12 heavy (non-hydrogen) atoms. The van der Waals surface area contributed by atoms with Crippen LogP contribution in [-0.2, 0) is 0 Å². The number of likely N-dealkylation sites (tertiary alicyclic amines) is 2. The molecule has 2 atom stereocenters. The Labute approximate surface area is 74.5 Å². The van der Waals surface area contributed by atoms with Crippen molar-refractivity contribution < 1.29 is 0 Å². The Balaban J connectivity index is 2.16. The zero-order chi connectivity index (χ0) is 8.77. The summed E-state index contributed by atoms with van der Waals surface area (Å²) in [5.74, 6) is 0. The zero-order valence-electron chi connectivity index (χ0n) is 8.08. The molecule has 0 spiro atoms. The minimum absolute atomic E-state index is 0.0851. The Kier molecular flexibility index (Phi) is 1.90. The van der Waals surface area contributed by atoms with Crippen molar-refractivity contribution in [2.24, 2.45) is 5.73 Å². The van der Waals surface area contributed by atoms with Crippen molar-refractivity contribution in [2.45, 2.75) is 24.4 Å². The van der Waals surface area contributed by atoms with Gasteiger partial charge in [-0.25, -0.2) is 0 Å². The topological polar surface area (TPSA) is 32.5 Å². The van der Waals surface area contributed by atoms with Crippen LogP contribution in [0.3, 0.4) is 0 Å². The fourth-order valence-electron chi connectivity index (χ4n) is 2.79. The van der Waals surface area contributed by atoms with Crippen LogP contribution in [-0.4, -0.2) is 55.1 Å². The number of piperidine rings is 1. The molecule has 0 aliphatic carbocycles. The zero-order valence-corrected chi connectivity index (χ0v) is 8.08. The lowest BCUT2D eigenvalue weighted by Crippen LogP contribution is -2.60. The van der Waals surface area contributed by atoms with E-state index in [0.717, 1.165) is 13.1 Å². The summed E-state index contributed by atoms with van der Waals surface area (Å²) < 4.78 is 0. The van der Waals surface area contributed by atoms with Gasteiger partial charge in [-0.05, 0) is 33.5 Å². The van der Waals surface area contributed by atoms with E-state index in [1.165, 1.54) is 19.4 Å². The van der Waals surface area contributed by atoms with E-state index in [-0.39, 0.29) is 5.54 Å². The maximum Gasteiger partial charge on any atom is 0.0453 e. The Hall–Kier alpha value is -0.120. The van der Waals surface area contributed by atoms with Crippen LogP contribution >= 0.6 is 0 Å². The SMILES string of the molecule is CN1CC2N(C)CCCC2(N)C1. The summed E-state index contributed by atoms with van der Waals surface area (Å²) in [6, 6.07) is 0.594. The molecule has 0 aromatic heterocycles. The van der Waals surface area contributed by atoms with Gasteiger partial charge in [-0.3, -0.25) is 0 Å². The van der Waals surface area contributed by atoms with Crippen LogP contribution in [0.5, 0.6) is 0 Å². The van der Waals surface area contributed by atoms with Gasteiger partial charge in [0.25, 0.3) is 0 Å². The fraction of sp³-hybridized carbons (Fsp3) is 1.00. The number of rotatable bonds is 0. The maximum absolute atomic E-state index is 6.36. The van der Waals surface area contributed by atoms with Gasteiger partial charge in [0.15, 0.2) is 0 Å². The lowest BCUT2D eigenvalue weighted by Gasteiger charge is -2.41. The molecule has 2 aliphatic rings. The molecule has 0 saturated carbocycles. The summed E-state index contributed by atoms with van der Waals surface area (Å²) >= 11 is 0. The Morgan fingerprint density at radius 2 is 2.17 bits per heavy atom. The Morgan fingerprint density at radius 1 is 1.42 bits per heavy atom. The molecule has 0 bridgehead atoms. The van der Waals surface area contributed by atoms with Gasteiger partial charge < -0.3 is 15.5 Å². The molecule has 0 radical (unpaired) electrons. The van der Waals surface area contributed by atoms with Crippen molar-refractivity contribution in [1.29, 1.82) is 0 Å². The summed E-state index contributed by atoms with van der Waals surface area (Å²) in [7, 11) is 4.37. The van der Waals surface area contributed by atoms with E-state index in [9.17, 15) is 0 Å². The van der Waals surface area contributed by atoms with Gasteiger partial charge in [0, 0.05) is 24.7 Å². The molecule has 0 amide bonds. The van der Waals surface area contributed by atoms with Gasteiger partial charge in [0.2, 0.25) is 0 Å². The van der Waals surface area contributed by atoms with Crippen LogP contribution in [0.2, 0.25) is 0 Å². The van der Waals surface area contributed by atoms with Crippen LogP contribution < -0.4 is 5.73 Å². The summed E-state index contributed by atoms with van der Waals surface area (Å²) in [5, 5.41) is 0. The van der Waals surface area contributed by atoms with E-state index < -0.39 is 0 Å². The van der Waals surface area contributed by atoms with Crippen LogP contribution in [0.4, 0.5) is 0 Å². The van der Waals surface area contributed by atoms with Crippen LogP contribution in [0.25, 0.3) is 0 Å². The number of hydrogen-bond acceptors (Lipinski definition) is 3. The van der Waals surface area contributed by atoms with Crippen LogP contribution in [0.1, 0.15) is 12.8 Å². The van der Waals surface area contributed by atoms with Gasteiger partial charge in [-0.1, -0.05) is 0 Å². The summed E-state index contributed by atoms with van der Waals surface area (Å²) in [5.41, 5.74) is 6.45. The highest BCUT2D eigenvalue weighted by molar-refractivity contribution is 5.07. The molecule has 2 heterocycles. The minimum Gasteiger partial charge on any atom is -0.323 e. The molecule has 3 nitrogen and oxygen atoms in total. The molecular formula is C9H19N3. The average Bonchev–Trinajstić information content (AvgIpc) is 2.26. The van der Waals surface area contributed by atoms with E-state index >= 15 is 0 Å². The highest BCUT2D eigenvalue weighted by Gasteiger charge is 2.45. The van der Waals surface area contributed by atoms with Gasteiger partial charge in [-0.2, -0.15) is 0 Å². The standard InChI is InChI=1S/C9H19N3/c1-11-6-8-9(10,7-11)4-3-5-12(8)2/h8H,3-7,10H2,1-2H3. The molecular weight excluding hydrogens is 150 g/mol. The number of fused-ring (bicyclic) bond motifs is 1. The maximum atomic E-state index is 6.36. The quantitative estimate of drug-likeness (QED) is 0.541. The lowest BCUT2D eigenvalue weighted by molar-refractivity contribution is 0.132. The van der Waals surface area contributed by atoms with Gasteiger partial charge in [0.1, 0.15) is 0 Å². The number of likely N-dealkylation sites (N-methyl/N-ethyl adjacent to an activating group) is 2. The first-order valence-corrected chi connectivity index (χ1v) is 4.79. The average molecular weight is 169 g/mol. The van der Waals surface area contributed by atoms with Crippen molar-refractivity contribution in [3.63, 3.8) is 0 Å². The van der Waals surface area contributed by atoms with Crippen molar-refractivity contribution in [3.05, 3.63) is 0 Å². The fourth-order valence-corrected chi connectivity index (χ4v) is 2.79. The van der Waals surface area contributed by atoms with E-state index in [1.54, 1.807) is 0 Å². The predicted molar refractivity (Wildman–Crippen MR) is 50.1 cm³/mol. The van der Waals surface area contributed by atoms with Crippen LogP contribution in [0.15, 0.2) is 0 Å². The second-order valence-corrected chi connectivity index (χ2v) is 4.53. The van der Waals surface area contributed by atoms with Gasteiger partial charge in [0.05, 0.1) is 0 Å². The van der Waals surface area contributed by atoms with E-state index in [4.69, 9.17) is 5.73 Å². The van der Waals surface area contributed by atoms with E-state index in [0.29, 0.717) is 6.04 Å². The van der Waals surface area contributed by atoms with E-state index in [1.807, 2.05) is 0 Å². The number of nitrogens with two attached hydrogens (primary N) is 1. The lowest BCUT2D eigenvalue weighted by atomic mass is 9.85. The normalized spacial score (nSPS) is 44.8. The summed E-state index contributed by atoms with van der Waals surface area (Å²) in [6.45, 7) is 3.44.